The minimum absolute atomic E-state index is 0.0328. The van der Waals surface area contributed by atoms with E-state index in [9.17, 15) is 19.2 Å². The minimum atomic E-state index is -0.830. The first-order valence-electron chi connectivity index (χ1n) is 9.62. The van der Waals surface area contributed by atoms with Crippen molar-refractivity contribution in [2.75, 3.05) is 13.1 Å². The molecule has 2 saturated heterocycles. The summed E-state index contributed by atoms with van der Waals surface area (Å²) in [5, 5.41) is 5.75. The largest absolute Gasteiger partial charge is 0.352 e. The topological polar surface area (TPSA) is 98.8 Å². The van der Waals surface area contributed by atoms with Gasteiger partial charge in [-0.25, -0.2) is 9.69 Å². The van der Waals surface area contributed by atoms with Crippen molar-refractivity contribution in [3.63, 3.8) is 0 Å². The minimum Gasteiger partial charge on any atom is -0.352 e. The molecule has 0 aromatic rings. The van der Waals surface area contributed by atoms with E-state index in [2.05, 4.69) is 10.6 Å². The second-order valence-electron chi connectivity index (χ2n) is 7.61. The Bertz CT molecular complexity index is 614. The van der Waals surface area contributed by atoms with Crippen LogP contribution in [0.15, 0.2) is 0 Å². The van der Waals surface area contributed by atoms with Crippen molar-refractivity contribution in [3.8, 4) is 0 Å². The summed E-state index contributed by atoms with van der Waals surface area (Å²) < 4.78 is 0. The van der Waals surface area contributed by atoms with E-state index in [1.165, 1.54) is 0 Å². The van der Waals surface area contributed by atoms with Crippen LogP contribution in [0.2, 0.25) is 0 Å². The number of imide groups is 1. The van der Waals surface area contributed by atoms with Gasteiger partial charge in [-0.3, -0.25) is 14.4 Å². The highest BCUT2D eigenvalue weighted by atomic mass is 16.2. The molecule has 0 bridgehead atoms. The van der Waals surface area contributed by atoms with Crippen LogP contribution in [-0.2, 0) is 14.4 Å². The lowest BCUT2D eigenvalue weighted by Crippen LogP contribution is -2.55. The molecule has 2 unspecified atom stereocenters. The molecule has 2 N–H and O–H groups in total. The molecule has 1 spiro atoms. The van der Waals surface area contributed by atoms with E-state index in [0.717, 1.165) is 30.6 Å². The standard InChI is InChI=1S/C18H28N4O4/c1-3-14(23)19-13-7-6-10-21(11-13)15(24)12(2)22-16(25)18(20-17(22)26)8-4-5-9-18/h12-13H,3-11H2,1-2H3,(H,19,23)(H,20,26). The molecule has 8 heteroatoms. The Hall–Kier alpha value is -2.12. The monoisotopic (exact) mass is 364 g/mol. The number of hydrogen-bond acceptors (Lipinski definition) is 4. The van der Waals surface area contributed by atoms with Gasteiger partial charge in [0.25, 0.3) is 5.91 Å². The lowest BCUT2D eigenvalue weighted by Gasteiger charge is -2.36. The number of carbonyl (C=O) groups is 4. The van der Waals surface area contributed by atoms with E-state index in [1.54, 1.807) is 18.7 Å². The number of nitrogens with one attached hydrogen (secondary N) is 2. The smallest absolute Gasteiger partial charge is 0.325 e. The summed E-state index contributed by atoms with van der Waals surface area (Å²) in [5.74, 6) is -0.540. The second kappa shape index (κ2) is 7.25. The van der Waals surface area contributed by atoms with Gasteiger partial charge in [0.1, 0.15) is 11.6 Å². The molecule has 2 atom stereocenters. The fourth-order valence-electron chi connectivity index (χ4n) is 4.31. The maximum absolute atomic E-state index is 12.9. The number of amides is 5. The quantitative estimate of drug-likeness (QED) is 0.720. The number of likely N-dealkylation sites (tertiary alicyclic amines) is 1. The molecule has 1 saturated carbocycles. The van der Waals surface area contributed by atoms with Crippen LogP contribution in [0.1, 0.15) is 58.8 Å². The van der Waals surface area contributed by atoms with Gasteiger partial charge < -0.3 is 15.5 Å². The fraction of sp³-hybridized carbons (Fsp3) is 0.778. The first kappa shape index (κ1) is 18.7. The summed E-state index contributed by atoms with van der Waals surface area (Å²) in [6.07, 6.45) is 5.13. The molecule has 3 aliphatic rings. The Kier molecular flexibility index (Phi) is 5.20. The van der Waals surface area contributed by atoms with Crippen LogP contribution < -0.4 is 10.6 Å². The third-order valence-corrected chi connectivity index (χ3v) is 5.81. The van der Waals surface area contributed by atoms with Crippen molar-refractivity contribution in [1.82, 2.24) is 20.4 Å². The van der Waals surface area contributed by atoms with E-state index in [1.807, 2.05) is 0 Å². The molecule has 3 rings (SSSR count). The molecule has 0 radical (unpaired) electrons. The van der Waals surface area contributed by atoms with Crippen LogP contribution in [0.4, 0.5) is 4.79 Å². The number of hydrogen-bond donors (Lipinski definition) is 2. The van der Waals surface area contributed by atoms with Crippen molar-refractivity contribution in [3.05, 3.63) is 0 Å². The van der Waals surface area contributed by atoms with Crippen LogP contribution in [0, 0.1) is 0 Å². The highest BCUT2D eigenvalue weighted by Gasteiger charge is 2.54. The molecule has 144 valence electrons. The molecule has 2 heterocycles. The number of nitrogens with zero attached hydrogens (tertiary/aromatic N) is 2. The van der Waals surface area contributed by atoms with Crippen molar-refractivity contribution in [2.24, 2.45) is 0 Å². The summed E-state index contributed by atoms with van der Waals surface area (Å²) in [4.78, 5) is 52.5. The normalized spacial score (nSPS) is 26.2. The van der Waals surface area contributed by atoms with Gasteiger partial charge in [0.05, 0.1) is 0 Å². The zero-order valence-corrected chi connectivity index (χ0v) is 15.5. The number of urea groups is 1. The van der Waals surface area contributed by atoms with Gasteiger partial charge in [0.2, 0.25) is 11.8 Å². The van der Waals surface area contributed by atoms with Crippen LogP contribution >= 0.6 is 0 Å². The molecule has 5 amide bonds. The van der Waals surface area contributed by atoms with Gasteiger partial charge in [-0.15, -0.1) is 0 Å². The summed E-state index contributed by atoms with van der Waals surface area (Å²) in [5.41, 5.74) is -0.800. The second-order valence-corrected chi connectivity index (χ2v) is 7.61. The summed E-state index contributed by atoms with van der Waals surface area (Å²) in [7, 11) is 0. The highest BCUT2D eigenvalue weighted by molar-refractivity contribution is 6.10. The molecule has 0 aromatic carbocycles. The van der Waals surface area contributed by atoms with E-state index in [-0.39, 0.29) is 23.8 Å². The maximum atomic E-state index is 12.9. The summed E-state index contributed by atoms with van der Waals surface area (Å²) in [6.45, 7) is 4.40. The Labute approximate surface area is 153 Å². The SMILES string of the molecule is CCC(=O)NC1CCCN(C(=O)C(C)N2C(=O)NC3(CCCC3)C2=O)C1. The maximum Gasteiger partial charge on any atom is 0.325 e. The number of carbonyl (C=O) groups excluding carboxylic acids is 4. The summed E-state index contributed by atoms with van der Waals surface area (Å²) >= 11 is 0. The van der Waals surface area contributed by atoms with Crippen LogP contribution in [0.25, 0.3) is 0 Å². The van der Waals surface area contributed by atoms with Crippen molar-refractivity contribution in [2.45, 2.75) is 76.4 Å². The predicted molar refractivity (Wildman–Crippen MR) is 94.1 cm³/mol. The van der Waals surface area contributed by atoms with Crippen molar-refractivity contribution < 1.29 is 19.2 Å². The van der Waals surface area contributed by atoms with E-state index < -0.39 is 17.6 Å². The Morgan fingerprint density at radius 1 is 1.27 bits per heavy atom. The molecular weight excluding hydrogens is 336 g/mol. The van der Waals surface area contributed by atoms with Crippen LogP contribution in [-0.4, -0.2) is 64.3 Å². The molecule has 8 nitrogen and oxygen atoms in total. The zero-order chi connectivity index (χ0) is 18.9. The van der Waals surface area contributed by atoms with Gasteiger partial charge in [-0.2, -0.15) is 0 Å². The van der Waals surface area contributed by atoms with Gasteiger partial charge in [0, 0.05) is 25.6 Å². The lowest BCUT2D eigenvalue weighted by molar-refractivity contribution is -0.143. The number of piperidine rings is 1. The van der Waals surface area contributed by atoms with Crippen LogP contribution in [0.5, 0.6) is 0 Å². The van der Waals surface area contributed by atoms with Gasteiger partial charge >= 0.3 is 6.03 Å². The highest BCUT2D eigenvalue weighted by Crippen LogP contribution is 2.36. The first-order valence-corrected chi connectivity index (χ1v) is 9.62. The molecule has 1 aliphatic carbocycles. The van der Waals surface area contributed by atoms with E-state index in [4.69, 9.17) is 0 Å². The fourth-order valence-corrected chi connectivity index (χ4v) is 4.31. The lowest BCUT2D eigenvalue weighted by atomic mass is 9.97. The predicted octanol–water partition coefficient (Wildman–Crippen LogP) is 0.757. The van der Waals surface area contributed by atoms with E-state index in [0.29, 0.717) is 32.4 Å². The summed E-state index contributed by atoms with van der Waals surface area (Å²) in [6, 6.07) is -1.37. The Balaban J connectivity index is 1.66. The zero-order valence-electron chi connectivity index (χ0n) is 15.5. The van der Waals surface area contributed by atoms with E-state index >= 15 is 0 Å². The van der Waals surface area contributed by atoms with Gasteiger partial charge in [0.15, 0.2) is 0 Å². The first-order chi connectivity index (χ1) is 12.4. The molecule has 26 heavy (non-hydrogen) atoms. The molecule has 2 aliphatic heterocycles. The van der Waals surface area contributed by atoms with Crippen LogP contribution in [0.3, 0.4) is 0 Å². The van der Waals surface area contributed by atoms with Gasteiger partial charge in [-0.05, 0) is 32.6 Å². The average molecular weight is 364 g/mol. The average Bonchev–Trinajstić information content (AvgIpc) is 3.19. The van der Waals surface area contributed by atoms with Gasteiger partial charge in [-0.1, -0.05) is 19.8 Å². The van der Waals surface area contributed by atoms with Crippen molar-refractivity contribution >= 4 is 23.8 Å². The van der Waals surface area contributed by atoms with Crippen molar-refractivity contribution in [1.29, 1.82) is 0 Å². The molecule has 3 fully saturated rings. The molecule has 0 aromatic heterocycles. The molecular formula is C18H28N4O4. The third-order valence-electron chi connectivity index (χ3n) is 5.81. The Morgan fingerprint density at radius 2 is 1.96 bits per heavy atom. The third kappa shape index (κ3) is 3.29. The Morgan fingerprint density at radius 3 is 2.62 bits per heavy atom. The number of rotatable bonds is 4.